The van der Waals surface area contributed by atoms with Crippen molar-refractivity contribution in [3.8, 4) is 0 Å². The van der Waals surface area contributed by atoms with E-state index in [-0.39, 0.29) is 5.91 Å². The summed E-state index contributed by atoms with van der Waals surface area (Å²) in [6, 6.07) is 10.0. The lowest BCUT2D eigenvalue weighted by molar-refractivity contribution is 0.0950. The summed E-state index contributed by atoms with van der Waals surface area (Å²) in [6.07, 6.45) is 2.44. The Balaban J connectivity index is 1.60. The molecule has 1 aliphatic rings. The summed E-state index contributed by atoms with van der Waals surface area (Å²) in [6.45, 7) is 4.59. The summed E-state index contributed by atoms with van der Waals surface area (Å²) in [5.74, 6) is 0.524. The Labute approximate surface area is 137 Å². The van der Waals surface area contributed by atoms with Crippen molar-refractivity contribution in [3.05, 3.63) is 52.8 Å². The zero-order chi connectivity index (χ0) is 16.2. The van der Waals surface area contributed by atoms with Crippen molar-refractivity contribution >= 4 is 5.91 Å². The minimum absolute atomic E-state index is 0.0443. The van der Waals surface area contributed by atoms with Crippen molar-refractivity contribution in [1.29, 1.82) is 0 Å². The van der Waals surface area contributed by atoms with E-state index in [1.54, 1.807) is 4.68 Å². The topological polar surface area (TPSA) is 59.0 Å². The van der Waals surface area contributed by atoms with Gasteiger partial charge in [-0.3, -0.25) is 9.48 Å². The van der Waals surface area contributed by atoms with Crippen molar-refractivity contribution in [2.75, 3.05) is 13.1 Å². The standard InChI is InChI=1S/C18H24N4O/c1-13-10-17(22(2)21-13)12-20-18(23)15-7-5-14(6-8-15)16-4-3-9-19-11-16/h5-8,10,16,19H,3-4,9,11-12H2,1-2H3,(H,20,23)/t16-/m0/s1. The van der Waals surface area contributed by atoms with Crippen LogP contribution in [0.25, 0.3) is 0 Å². The SMILES string of the molecule is Cc1cc(CNC(=O)c2ccc([C@H]3CCCNC3)cc2)n(C)n1. The minimum Gasteiger partial charge on any atom is -0.346 e. The molecule has 1 aliphatic heterocycles. The number of carbonyl (C=O) groups excluding carboxylic acids is 1. The van der Waals surface area contributed by atoms with Crippen LogP contribution in [0.3, 0.4) is 0 Å². The normalized spacial score (nSPS) is 17.9. The van der Waals surface area contributed by atoms with Gasteiger partial charge in [-0.2, -0.15) is 5.10 Å². The molecule has 0 saturated carbocycles. The van der Waals surface area contributed by atoms with Crippen molar-refractivity contribution in [2.45, 2.75) is 32.2 Å². The van der Waals surface area contributed by atoms with Gasteiger partial charge in [0, 0.05) is 19.2 Å². The lowest BCUT2D eigenvalue weighted by Crippen LogP contribution is -2.28. The Bertz CT molecular complexity index is 669. The fourth-order valence-corrected chi connectivity index (χ4v) is 3.15. The first-order valence-electron chi connectivity index (χ1n) is 8.22. The second-order valence-corrected chi connectivity index (χ2v) is 6.25. The van der Waals surface area contributed by atoms with Gasteiger partial charge in [0.2, 0.25) is 0 Å². The molecule has 5 nitrogen and oxygen atoms in total. The van der Waals surface area contributed by atoms with Crippen LogP contribution in [0.15, 0.2) is 30.3 Å². The molecule has 1 fully saturated rings. The quantitative estimate of drug-likeness (QED) is 0.909. The van der Waals surface area contributed by atoms with Gasteiger partial charge >= 0.3 is 0 Å². The maximum Gasteiger partial charge on any atom is 0.251 e. The molecule has 2 aromatic rings. The Morgan fingerprint density at radius 1 is 1.39 bits per heavy atom. The molecule has 2 N–H and O–H groups in total. The number of carbonyl (C=O) groups is 1. The van der Waals surface area contributed by atoms with Gasteiger partial charge in [-0.1, -0.05) is 12.1 Å². The second kappa shape index (κ2) is 6.96. The lowest BCUT2D eigenvalue weighted by Gasteiger charge is -2.23. The van der Waals surface area contributed by atoms with Crippen LogP contribution in [0, 0.1) is 6.92 Å². The smallest absolute Gasteiger partial charge is 0.251 e. The molecule has 1 aromatic heterocycles. The summed E-state index contributed by atoms with van der Waals surface area (Å²) in [4.78, 5) is 12.3. The molecular formula is C18H24N4O. The van der Waals surface area contributed by atoms with Gasteiger partial charge in [0.1, 0.15) is 0 Å². The number of aromatic nitrogens is 2. The summed E-state index contributed by atoms with van der Waals surface area (Å²) < 4.78 is 1.80. The van der Waals surface area contributed by atoms with Crippen molar-refractivity contribution in [2.24, 2.45) is 7.05 Å². The first-order chi connectivity index (χ1) is 11.1. The molecule has 23 heavy (non-hydrogen) atoms. The number of amides is 1. The van der Waals surface area contributed by atoms with Crippen molar-refractivity contribution in [3.63, 3.8) is 0 Å². The molecule has 0 aliphatic carbocycles. The monoisotopic (exact) mass is 312 g/mol. The van der Waals surface area contributed by atoms with Crippen LogP contribution in [0.1, 0.15) is 46.1 Å². The van der Waals surface area contributed by atoms with E-state index in [0.717, 1.165) is 24.5 Å². The summed E-state index contributed by atoms with van der Waals surface area (Å²) in [7, 11) is 1.89. The minimum atomic E-state index is -0.0443. The predicted octanol–water partition coefficient (Wildman–Crippen LogP) is 2.13. The van der Waals surface area contributed by atoms with Gasteiger partial charge in [0.25, 0.3) is 5.91 Å². The molecule has 1 saturated heterocycles. The number of benzene rings is 1. The molecule has 1 atom stereocenters. The number of rotatable bonds is 4. The van der Waals surface area contributed by atoms with Crippen LogP contribution in [0.5, 0.6) is 0 Å². The Morgan fingerprint density at radius 2 is 2.17 bits per heavy atom. The van der Waals surface area contributed by atoms with Gasteiger partial charge in [0.15, 0.2) is 0 Å². The van der Waals surface area contributed by atoms with Crippen LogP contribution in [0.2, 0.25) is 0 Å². The largest absolute Gasteiger partial charge is 0.346 e. The van der Waals surface area contributed by atoms with E-state index in [1.807, 2.05) is 32.2 Å². The summed E-state index contributed by atoms with van der Waals surface area (Å²) in [5, 5.41) is 10.7. The van der Waals surface area contributed by atoms with Crippen LogP contribution in [-0.2, 0) is 13.6 Å². The number of hydrogen-bond acceptors (Lipinski definition) is 3. The Kier molecular flexibility index (Phi) is 4.76. The first-order valence-corrected chi connectivity index (χ1v) is 8.22. The third-order valence-corrected chi connectivity index (χ3v) is 4.47. The van der Waals surface area contributed by atoms with Crippen molar-refractivity contribution < 1.29 is 4.79 Å². The van der Waals surface area contributed by atoms with E-state index in [0.29, 0.717) is 18.0 Å². The fourth-order valence-electron chi connectivity index (χ4n) is 3.15. The highest BCUT2D eigenvalue weighted by molar-refractivity contribution is 5.94. The van der Waals surface area contributed by atoms with E-state index < -0.39 is 0 Å². The third-order valence-electron chi connectivity index (χ3n) is 4.47. The van der Waals surface area contributed by atoms with Gasteiger partial charge in [-0.15, -0.1) is 0 Å². The fraction of sp³-hybridized carbons (Fsp3) is 0.444. The van der Waals surface area contributed by atoms with Crippen LogP contribution >= 0.6 is 0 Å². The summed E-state index contributed by atoms with van der Waals surface area (Å²) in [5.41, 5.74) is 3.98. The van der Waals surface area contributed by atoms with E-state index >= 15 is 0 Å². The van der Waals surface area contributed by atoms with Crippen molar-refractivity contribution in [1.82, 2.24) is 20.4 Å². The highest BCUT2D eigenvalue weighted by Gasteiger charge is 2.15. The number of hydrogen-bond donors (Lipinski definition) is 2. The number of nitrogens with one attached hydrogen (secondary N) is 2. The average Bonchev–Trinajstić information content (AvgIpc) is 2.91. The molecule has 0 unspecified atom stereocenters. The molecule has 0 bridgehead atoms. The third kappa shape index (κ3) is 3.79. The second-order valence-electron chi connectivity index (χ2n) is 6.25. The van der Waals surface area contributed by atoms with E-state index in [2.05, 4.69) is 27.9 Å². The maximum atomic E-state index is 12.3. The highest BCUT2D eigenvalue weighted by Crippen LogP contribution is 2.23. The first kappa shape index (κ1) is 15.7. The molecule has 5 heteroatoms. The molecule has 1 amide bonds. The predicted molar refractivity (Wildman–Crippen MR) is 90.4 cm³/mol. The van der Waals surface area contributed by atoms with Crippen LogP contribution < -0.4 is 10.6 Å². The molecular weight excluding hydrogens is 288 g/mol. The van der Waals surface area contributed by atoms with Crippen LogP contribution in [0.4, 0.5) is 0 Å². The van der Waals surface area contributed by atoms with Gasteiger partial charge in [0.05, 0.1) is 17.9 Å². The van der Waals surface area contributed by atoms with Gasteiger partial charge in [-0.05, 0) is 56.0 Å². The number of aryl methyl sites for hydroxylation is 2. The van der Waals surface area contributed by atoms with Gasteiger partial charge < -0.3 is 10.6 Å². The number of nitrogens with zero attached hydrogens (tertiary/aromatic N) is 2. The Morgan fingerprint density at radius 3 is 2.78 bits per heavy atom. The number of piperidine rings is 1. The molecule has 0 radical (unpaired) electrons. The molecule has 1 aromatic carbocycles. The molecule has 122 valence electrons. The zero-order valence-corrected chi connectivity index (χ0v) is 13.8. The zero-order valence-electron chi connectivity index (χ0n) is 13.8. The highest BCUT2D eigenvalue weighted by atomic mass is 16.1. The van der Waals surface area contributed by atoms with E-state index in [9.17, 15) is 4.79 Å². The van der Waals surface area contributed by atoms with Gasteiger partial charge in [-0.25, -0.2) is 0 Å². The molecule has 2 heterocycles. The molecule has 0 spiro atoms. The molecule has 3 rings (SSSR count). The van der Waals surface area contributed by atoms with E-state index in [4.69, 9.17) is 0 Å². The maximum absolute atomic E-state index is 12.3. The average molecular weight is 312 g/mol. The van der Waals surface area contributed by atoms with E-state index in [1.165, 1.54) is 18.4 Å². The lowest BCUT2D eigenvalue weighted by atomic mass is 9.91. The summed E-state index contributed by atoms with van der Waals surface area (Å²) >= 11 is 0. The Hall–Kier alpha value is -2.14. The van der Waals surface area contributed by atoms with Crippen LogP contribution in [-0.4, -0.2) is 28.8 Å².